The summed E-state index contributed by atoms with van der Waals surface area (Å²) in [7, 11) is 2.16. The first-order valence-electron chi connectivity index (χ1n) is 6.44. The number of aldehydes is 1. The summed E-state index contributed by atoms with van der Waals surface area (Å²) in [6, 6.07) is 4.35. The fourth-order valence-electron chi connectivity index (χ4n) is 2.93. The molecular weight excluding hydrogens is 224 g/mol. The zero-order valence-corrected chi connectivity index (χ0v) is 10.9. The van der Waals surface area contributed by atoms with E-state index in [0.717, 1.165) is 36.9 Å². The number of aryl methyl sites for hydroxylation is 1. The number of carbonyl (C=O) groups is 1. The molecule has 0 saturated heterocycles. The molecule has 18 heavy (non-hydrogen) atoms. The Morgan fingerprint density at radius 3 is 3.06 bits per heavy atom. The number of hydrogen-bond acceptors (Lipinski definition) is 2. The van der Waals surface area contributed by atoms with Crippen LogP contribution in [0.4, 0.5) is 0 Å². The summed E-state index contributed by atoms with van der Waals surface area (Å²) in [4.78, 5) is 16.7. The van der Waals surface area contributed by atoms with Gasteiger partial charge in [0.25, 0.3) is 0 Å². The summed E-state index contributed by atoms with van der Waals surface area (Å²) >= 11 is 0. The second-order valence-corrected chi connectivity index (χ2v) is 5.29. The van der Waals surface area contributed by atoms with Crippen LogP contribution in [0.1, 0.15) is 22.4 Å². The molecule has 1 N–H and O–H groups in total. The van der Waals surface area contributed by atoms with Gasteiger partial charge in [-0.1, -0.05) is 11.6 Å². The van der Waals surface area contributed by atoms with Gasteiger partial charge in [-0.25, -0.2) is 0 Å². The lowest BCUT2D eigenvalue weighted by Gasteiger charge is -2.22. The molecule has 1 aliphatic rings. The van der Waals surface area contributed by atoms with Gasteiger partial charge in [0.1, 0.15) is 6.29 Å². The molecule has 1 aromatic carbocycles. The van der Waals surface area contributed by atoms with E-state index in [9.17, 15) is 4.79 Å². The molecule has 94 valence electrons. The first-order chi connectivity index (χ1) is 8.69. The molecule has 2 heterocycles. The highest BCUT2D eigenvalue weighted by molar-refractivity contribution is 5.89. The third-order valence-corrected chi connectivity index (χ3v) is 3.80. The van der Waals surface area contributed by atoms with Crippen molar-refractivity contribution in [3.8, 4) is 0 Å². The van der Waals surface area contributed by atoms with Crippen LogP contribution in [0.2, 0.25) is 0 Å². The van der Waals surface area contributed by atoms with Crippen LogP contribution in [0.15, 0.2) is 12.1 Å². The van der Waals surface area contributed by atoms with Crippen molar-refractivity contribution < 1.29 is 4.79 Å². The summed E-state index contributed by atoms with van der Waals surface area (Å²) in [5, 5.41) is 1.30. The second kappa shape index (κ2) is 4.25. The lowest BCUT2D eigenvalue weighted by molar-refractivity contribution is -0.107. The quantitative estimate of drug-likeness (QED) is 0.820. The molecule has 0 aliphatic carbocycles. The number of hydrogen-bond donors (Lipinski definition) is 1. The van der Waals surface area contributed by atoms with Crippen LogP contribution in [0.5, 0.6) is 0 Å². The third kappa shape index (κ3) is 1.75. The molecule has 3 rings (SSSR count). The highest BCUT2D eigenvalue weighted by atomic mass is 16.1. The van der Waals surface area contributed by atoms with Gasteiger partial charge in [-0.05, 0) is 31.2 Å². The lowest BCUT2D eigenvalue weighted by Crippen LogP contribution is -2.25. The van der Waals surface area contributed by atoms with Gasteiger partial charge in [0.15, 0.2) is 0 Å². The minimum Gasteiger partial charge on any atom is -0.358 e. The average molecular weight is 242 g/mol. The fourth-order valence-corrected chi connectivity index (χ4v) is 2.93. The average Bonchev–Trinajstić information content (AvgIpc) is 2.68. The molecule has 0 fully saturated rings. The van der Waals surface area contributed by atoms with Crippen LogP contribution in [0, 0.1) is 6.92 Å². The number of H-pyrrole nitrogens is 1. The van der Waals surface area contributed by atoms with Crippen molar-refractivity contribution in [2.45, 2.75) is 26.3 Å². The first-order valence-corrected chi connectivity index (χ1v) is 6.44. The summed E-state index contributed by atoms with van der Waals surface area (Å²) in [6.45, 7) is 4.20. The topological polar surface area (TPSA) is 36.1 Å². The molecule has 0 bridgehead atoms. The Kier molecular flexibility index (Phi) is 2.71. The first kappa shape index (κ1) is 11.5. The maximum atomic E-state index is 10.8. The maximum absolute atomic E-state index is 10.8. The summed E-state index contributed by atoms with van der Waals surface area (Å²) in [5.41, 5.74) is 6.27. The van der Waals surface area contributed by atoms with Crippen LogP contribution < -0.4 is 0 Å². The molecule has 0 atom stereocenters. The second-order valence-electron chi connectivity index (χ2n) is 5.29. The fraction of sp³-hybridized carbons (Fsp3) is 0.400. The van der Waals surface area contributed by atoms with Crippen LogP contribution in [0.3, 0.4) is 0 Å². The van der Waals surface area contributed by atoms with Crippen molar-refractivity contribution in [3.63, 3.8) is 0 Å². The SMILES string of the molecule is Cc1cc(CC=O)c2[nH]c3c(c2c1)CN(C)CC3. The van der Waals surface area contributed by atoms with E-state index >= 15 is 0 Å². The molecule has 2 aromatic rings. The smallest absolute Gasteiger partial charge is 0.124 e. The zero-order valence-electron chi connectivity index (χ0n) is 10.9. The Labute approximate surface area is 107 Å². The van der Waals surface area contributed by atoms with E-state index in [2.05, 4.69) is 36.0 Å². The lowest BCUT2D eigenvalue weighted by atomic mass is 10.0. The number of carbonyl (C=O) groups excluding carboxylic acids is 1. The Balaban J connectivity index is 2.24. The molecule has 1 aromatic heterocycles. The Hall–Kier alpha value is -1.61. The summed E-state index contributed by atoms with van der Waals surface area (Å²) in [6.07, 6.45) is 2.55. The van der Waals surface area contributed by atoms with Gasteiger partial charge in [-0.2, -0.15) is 0 Å². The van der Waals surface area contributed by atoms with Crippen LogP contribution in [0.25, 0.3) is 10.9 Å². The minimum atomic E-state index is 0.493. The summed E-state index contributed by atoms with van der Waals surface area (Å²) in [5.74, 6) is 0. The minimum absolute atomic E-state index is 0.493. The Morgan fingerprint density at radius 2 is 2.28 bits per heavy atom. The third-order valence-electron chi connectivity index (χ3n) is 3.80. The van der Waals surface area contributed by atoms with Crippen LogP contribution in [-0.4, -0.2) is 29.8 Å². The van der Waals surface area contributed by atoms with E-state index in [-0.39, 0.29) is 0 Å². The molecule has 0 radical (unpaired) electrons. The van der Waals surface area contributed by atoms with Crippen molar-refractivity contribution in [2.75, 3.05) is 13.6 Å². The monoisotopic (exact) mass is 242 g/mol. The number of nitrogens with zero attached hydrogens (tertiary/aromatic N) is 1. The van der Waals surface area contributed by atoms with Gasteiger partial charge in [0.2, 0.25) is 0 Å². The van der Waals surface area contributed by atoms with E-state index in [1.807, 2.05) is 0 Å². The molecule has 0 amide bonds. The van der Waals surface area contributed by atoms with Crippen molar-refractivity contribution in [2.24, 2.45) is 0 Å². The van der Waals surface area contributed by atoms with Crippen LogP contribution in [-0.2, 0) is 24.2 Å². The van der Waals surface area contributed by atoms with E-state index in [1.54, 1.807) is 0 Å². The predicted octanol–water partition coefficient (Wildman–Crippen LogP) is 2.21. The van der Waals surface area contributed by atoms with Gasteiger partial charge in [-0.15, -0.1) is 0 Å². The van der Waals surface area contributed by atoms with Gasteiger partial charge in [0.05, 0.1) is 0 Å². The molecular formula is C15H18N2O. The molecule has 1 aliphatic heterocycles. The molecule has 0 unspecified atom stereocenters. The molecule has 3 heteroatoms. The van der Waals surface area contributed by atoms with Crippen molar-refractivity contribution in [1.82, 2.24) is 9.88 Å². The number of aromatic nitrogens is 1. The number of aromatic amines is 1. The molecule has 0 saturated carbocycles. The number of benzene rings is 1. The highest BCUT2D eigenvalue weighted by Crippen LogP contribution is 2.30. The largest absolute Gasteiger partial charge is 0.358 e. The van der Waals surface area contributed by atoms with E-state index < -0.39 is 0 Å². The van der Waals surface area contributed by atoms with E-state index in [0.29, 0.717) is 6.42 Å². The normalized spacial score (nSPS) is 15.9. The highest BCUT2D eigenvalue weighted by Gasteiger charge is 2.19. The zero-order chi connectivity index (χ0) is 12.7. The predicted molar refractivity (Wildman–Crippen MR) is 72.8 cm³/mol. The number of rotatable bonds is 2. The van der Waals surface area contributed by atoms with Gasteiger partial charge in [0, 0.05) is 42.5 Å². The van der Waals surface area contributed by atoms with Gasteiger partial charge in [-0.3, -0.25) is 0 Å². The van der Waals surface area contributed by atoms with Gasteiger partial charge >= 0.3 is 0 Å². The number of likely N-dealkylation sites (N-methyl/N-ethyl adjacent to an activating group) is 1. The number of nitrogens with one attached hydrogen (secondary N) is 1. The summed E-state index contributed by atoms with van der Waals surface area (Å²) < 4.78 is 0. The Morgan fingerprint density at radius 1 is 1.44 bits per heavy atom. The number of fused-ring (bicyclic) bond motifs is 3. The standard InChI is InChI=1S/C15H18N2O/c1-10-7-11(4-6-18)15-12(8-10)13-9-17(2)5-3-14(13)16-15/h6-8,16H,3-5,9H2,1-2H3. The van der Waals surface area contributed by atoms with Gasteiger partial charge < -0.3 is 14.7 Å². The van der Waals surface area contributed by atoms with E-state index in [4.69, 9.17) is 0 Å². The maximum Gasteiger partial charge on any atom is 0.124 e. The van der Waals surface area contributed by atoms with Crippen molar-refractivity contribution in [1.29, 1.82) is 0 Å². The van der Waals surface area contributed by atoms with Crippen molar-refractivity contribution in [3.05, 3.63) is 34.5 Å². The molecule has 3 nitrogen and oxygen atoms in total. The van der Waals surface area contributed by atoms with Crippen molar-refractivity contribution >= 4 is 17.2 Å². The van der Waals surface area contributed by atoms with Crippen LogP contribution >= 0.6 is 0 Å². The Bertz CT molecular complexity index is 612. The molecule has 0 spiro atoms. The van der Waals surface area contributed by atoms with E-state index in [1.165, 1.54) is 22.2 Å².